The molecule has 0 N–H and O–H groups in total. The van der Waals surface area contributed by atoms with Crippen molar-refractivity contribution in [1.29, 1.82) is 0 Å². The van der Waals surface area contributed by atoms with Gasteiger partial charge in [-0.1, -0.05) is 6.07 Å². The SMILES string of the molecule is c1cc(-c2nccs2)c2oc(OC3CCOC3)nc2c1. The summed E-state index contributed by atoms with van der Waals surface area (Å²) in [6, 6.07) is 5.84. The van der Waals surface area contributed by atoms with Crippen molar-refractivity contribution in [2.45, 2.75) is 12.5 Å². The van der Waals surface area contributed by atoms with Crippen LogP contribution in [0, 0.1) is 0 Å². The second kappa shape index (κ2) is 4.88. The Balaban J connectivity index is 1.73. The number of thiazole rings is 1. The summed E-state index contributed by atoms with van der Waals surface area (Å²) in [5.74, 6) is 0. The molecule has 0 aliphatic carbocycles. The van der Waals surface area contributed by atoms with E-state index in [1.54, 1.807) is 17.5 Å². The molecule has 4 rings (SSSR count). The minimum Gasteiger partial charge on any atom is -0.444 e. The molecule has 3 heterocycles. The van der Waals surface area contributed by atoms with E-state index in [1.165, 1.54) is 0 Å². The fourth-order valence-corrected chi connectivity index (χ4v) is 2.91. The number of benzene rings is 1. The van der Waals surface area contributed by atoms with Crippen molar-refractivity contribution in [2.24, 2.45) is 0 Å². The van der Waals surface area contributed by atoms with E-state index in [0.29, 0.717) is 12.7 Å². The number of hydrogen-bond donors (Lipinski definition) is 0. The number of ether oxygens (including phenoxy) is 2. The summed E-state index contributed by atoms with van der Waals surface area (Å²) in [7, 11) is 0. The van der Waals surface area contributed by atoms with Gasteiger partial charge in [-0.15, -0.1) is 11.3 Å². The fourth-order valence-electron chi connectivity index (χ4n) is 2.25. The van der Waals surface area contributed by atoms with Gasteiger partial charge in [0.05, 0.1) is 18.8 Å². The van der Waals surface area contributed by atoms with E-state index in [9.17, 15) is 0 Å². The van der Waals surface area contributed by atoms with Gasteiger partial charge in [-0.2, -0.15) is 4.98 Å². The molecule has 1 unspecified atom stereocenters. The van der Waals surface area contributed by atoms with Crippen LogP contribution in [0.25, 0.3) is 21.7 Å². The summed E-state index contributed by atoms with van der Waals surface area (Å²) in [6.07, 6.45) is 2.99. The van der Waals surface area contributed by atoms with Gasteiger partial charge in [-0.3, -0.25) is 0 Å². The first-order chi connectivity index (χ1) is 9.90. The van der Waals surface area contributed by atoms with Crippen molar-refractivity contribution in [3.05, 3.63) is 29.8 Å². The number of aromatic nitrogens is 2. The fraction of sp³-hybridized carbons (Fsp3) is 0.286. The number of rotatable bonds is 3. The molecule has 1 fully saturated rings. The van der Waals surface area contributed by atoms with Crippen molar-refractivity contribution in [3.8, 4) is 16.6 Å². The zero-order valence-electron chi connectivity index (χ0n) is 10.6. The van der Waals surface area contributed by atoms with E-state index >= 15 is 0 Å². The second-order valence-corrected chi connectivity index (χ2v) is 5.47. The Morgan fingerprint density at radius 2 is 2.35 bits per heavy atom. The van der Waals surface area contributed by atoms with Crippen LogP contribution < -0.4 is 4.74 Å². The van der Waals surface area contributed by atoms with E-state index in [2.05, 4.69) is 9.97 Å². The minimum absolute atomic E-state index is 0.0337. The summed E-state index contributed by atoms with van der Waals surface area (Å²) < 4.78 is 16.8. The lowest BCUT2D eigenvalue weighted by atomic mass is 10.2. The molecular weight excluding hydrogens is 276 g/mol. The van der Waals surface area contributed by atoms with Gasteiger partial charge >= 0.3 is 6.08 Å². The van der Waals surface area contributed by atoms with Gasteiger partial charge in [0, 0.05) is 18.0 Å². The first-order valence-electron chi connectivity index (χ1n) is 6.44. The highest BCUT2D eigenvalue weighted by molar-refractivity contribution is 7.13. The molecule has 2 aromatic heterocycles. The summed E-state index contributed by atoms with van der Waals surface area (Å²) in [6.45, 7) is 1.33. The maximum absolute atomic E-state index is 5.76. The van der Waals surface area contributed by atoms with Crippen molar-refractivity contribution in [1.82, 2.24) is 9.97 Å². The third kappa shape index (κ3) is 2.07. The van der Waals surface area contributed by atoms with Crippen LogP contribution in [-0.4, -0.2) is 29.3 Å². The number of hydrogen-bond acceptors (Lipinski definition) is 6. The Hall–Kier alpha value is -1.92. The largest absolute Gasteiger partial charge is 0.444 e. The van der Waals surface area contributed by atoms with Crippen LogP contribution in [0.15, 0.2) is 34.2 Å². The molecule has 0 radical (unpaired) electrons. The molecule has 102 valence electrons. The quantitative estimate of drug-likeness (QED) is 0.741. The van der Waals surface area contributed by atoms with Crippen LogP contribution in [0.5, 0.6) is 6.08 Å². The van der Waals surface area contributed by atoms with Gasteiger partial charge in [0.2, 0.25) is 0 Å². The summed E-state index contributed by atoms with van der Waals surface area (Å²) in [5, 5.41) is 2.86. The van der Waals surface area contributed by atoms with Gasteiger partial charge < -0.3 is 13.9 Å². The highest BCUT2D eigenvalue weighted by Crippen LogP contribution is 2.32. The van der Waals surface area contributed by atoms with Gasteiger partial charge in [0.25, 0.3) is 0 Å². The zero-order valence-corrected chi connectivity index (χ0v) is 11.4. The van der Waals surface area contributed by atoms with E-state index < -0.39 is 0 Å². The van der Waals surface area contributed by atoms with Crippen LogP contribution in [0.4, 0.5) is 0 Å². The molecule has 1 saturated heterocycles. The normalized spacial score (nSPS) is 18.7. The Bertz CT molecular complexity index is 717. The van der Waals surface area contributed by atoms with E-state index in [0.717, 1.165) is 34.7 Å². The van der Waals surface area contributed by atoms with E-state index in [4.69, 9.17) is 13.9 Å². The highest BCUT2D eigenvalue weighted by atomic mass is 32.1. The molecule has 1 aliphatic rings. The molecular formula is C14H12N2O3S. The third-order valence-electron chi connectivity index (χ3n) is 3.21. The van der Waals surface area contributed by atoms with E-state index in [-0.39, 0.29) is 6.10 Å². The molecule has 0 spiro atoms. The lowest BCUT2D eigenvalue weighted by molar-refractivity contribution is 0.117. The van der Waals surface area contributed by atoms with E-state index in [1.807, 2.05) is 23.6 Å². The first kappa shape index (κ1) is 11.9. The minimum atomic E-state index is 0.0337. The number of oxazole rings is 1. The Kier molecular flexibility index (Phi) is 2.90. The molecule has 0 amide bonds. The smallest absolute Gasteiger partial charge is 0.395 e. The topological polar surface area (TPSA) is 57.4 Å². The van der Waals surface area contributed by atoms with Crippen LogP contribution >= 0.6 is 11.3 Å². The average molecular weight is 288 g/mol. The molecule has 3 aromatic rings. The van der Waals surface area contributed by atoms with Gasteiger partial charge in [0.15, 0.2) is 5.58 Å². The third-order valence-corrected chi connectivity index (χ3v) is 4.02. The monoisotopic (exact) mass is 288 g/mol. The van der Waals surface area contributed by atoms with Gasteiger partial charge in [0.1, 0.15) is 16.6 Å². The second-order valence-electron chi connectivity index (χ2n) is 4.57. The maximum Gasteiger partial charge on any atom is 0.395 e. The van der Waals surface area contributed by atoms with Crippen LogP contribution in [-0.2, 0) is 4.74 Å². The molecule has 0 bridgehead atoms. The summed E-state index contributed by atoms with van der Waals surface area (Å²) >= 11 is 1.57. The molecule has 1 aromatic carbocycles. The predicted octanol–water partition coefficient (Wildman–Crippen LogP) is 3.12. The first-order valence-corrected chi connectivity index (χ1v) is 7.32. The molecule has 0 saturated carbocycles. The standard InChI is InChI=1S/C14H12N2O3S/c1-2-10(13-15-5-7-20-13)12-11(3-1)16-14(19-12)18-9-4-6-17-8-9/h1-3,5,7,9H,4,6,8H2. The Morgan fingerprint density at radius 1 is 1.35 bits per heavy atom. The molecule has 5 nitrogen and oxygen atoms in total. The van der Waals surface area contributed by atoms with Gasteiger partial charge in [-0.05, 0) is 12.1 Å². The predicted molar refractivity (Wildman–Crippen MR) is 75.0 cm³/mol. The Morgan fingerprint density at radius 3 is 3.15 bits per heavy atom. The van der Waals surface area contributed by atoms with Crippen LogP contribution in [0.3, 0.4) is 0 Å². The van der Waals surface area contributed by atoms with Crippen LogP contribution in [0.1, 0.15) is 6.42 Å². The Labute approximate surface area is 119 Å². The molecule has 20 heavy (non-hydrogen) atoms. The molecule has 6 heteroatoms. The zero-order chi connectivity index (χ0) is 13.4. The number of para-hydroxylation sites is 1. The summed E-state index contributed by atoms with van der Waals surface area (Å²) in [4.78, 5) is 8.70. The highest BCUT2D eigenvalue weighted by Gasteiger charge is 2.21. The van der Waals surface area contributed by atoms with Gasteiger partial charge in [-0.25, -0.2) is 4.98 Å². The average Bonchev–Trinajstić information content (AvgIpc) is 3.19. The number of fused-ring (bicyclic) bond motifs is 1. The van der Waals surface area contributed by atoms with Crippen molar-refractivity contribution < 1.29 is 13.9 Å². The summed E-state index contributed by atoms with van der Waals surface area (Å²) in [5.41, 5.74) is 2.45. The molecule has 1 atom stereocenters. The van der Waals surface area contributed by atoms with Crippen molar-refractivity contribution in [3.63, 3.8) is 0 Å². The van der Waals surface area contributed by atoms with Crippen molar-refractivity contribution >= 4 is 22.4 Å². The number of nitrogens with zero attached hydrogens (tertiary/aromatic N) is 2. The van der Waals surface area contributed by atoms with Crippen molar-refractivity contribution in [2.75, 3.05) is 13.2 Å². The van der Waals surface area contributed by atoms with Crippen LogP contribution in [0.2, 0.25) is 0 Å². The maximum atomic E-state index is 5.76. The lowest BCUT2D eigenvalue weighted by Crippen LogP contribution is -2.15. The lowest BCUT2D eigenvalue weighted by Gasteiger charge is -2.05. The molecule has 1 aliphatic heterocycles.